The van der Waals surface area contributed by atoms with Gasteiger partial charge in [-0.1, -0.05) is 13.8 Å². The van der Waals surface area contributed by atoms with Gasteiger partial charge in [0.2, 0.25) is 0 Å². The minimum absolute atomic E-state index is 0.619. The van der Waals surface area contributed by atoms with Crippen LogP contribution >= 0.6 is 0 Å². The van der Waals surface area contributed by atoms with Crippen LogP contribution in [0.4, 0.5) is 0 Å². The van der Waals surface area contributed by atoms with Gasteiger partial charge in [-0.2, -0.15) is 20.4 Å². The quantitative estimate of drug-likeness (QED) is 0.562. The van der Waals surface area contributed by atoms with Crippen molar-refractivity contribution in [2.45, 2.75) is 41.5 Å². The third kappa shape index (κ3) is 8.26. The second kappa shape index (κ2) is 12.2. The minimum Gasteiger partial charge on any atom is -0.295 e. The molecule has 1 aliphatic rings. The van der Waals surface area contributed by atoms with Gasteiger partial charge in [0.15, 0.2) is 0 Å². The predicted molar refractivity (Wildman–Crippen MR) is 109 cm³/mol. The molecule has 10 heteroatoms. The molecule has 0 unspecified atom stereocenters. The Hall–Kier alpha value is -2.20. The average molecular weight is 367 g/mol. The molecular weight excluding hydrogens is 332 g/mol. The average Bonchev–Trinajstić information content (AvgIpc) is 2.63. The van der Waals surface area contributed by atoms with Gasteiger partial charge in [-0.05, 0) is 40.8 Å². The highest BCUT2D eigenvalue weighted by molar-refractivity contribution is 6.40. The first-order valence-electron chi connectivity index (χ1n) is 9.01. The zero-order valence-electron chi connectivity index (χ0n) is 16.9. The van der Waals surface area contributed by atoms with Gasteiger partial charge < -0.3 is 0 Å². The Morgan fingerprint density at radius 2 is 0.808 bits per heavy atom. The number of nitrogens with one attached hydrogen (secondary N) is 4. The van der Waals surface area contributed by atoms with Gasteiger partial charge >= 0.3 is 0 Å². The first-order valence-corrected chi connectivity index (χ1v) is 9.01. The van der Waals surface area contributed by atoms with E-state index < -0.39 is 0 Å². The van der Waals surface area contributed by atoms with Gasteiger partial charge in [-0.3, -0.25) is 31.5 Å². The van der Waals surface area contributed by atoms with Crippen molar-refractivity contribution >= 4 is 22.8 Å². The molecule has 0 saturated carbocycles. The van der Waals surface area contributed by atoms with E-state index in [1.807, 2.05) is 27.7 Å². The summed E-state index contributed by atoms with van der Waals surface area (Å²) in [6, 6.07) is 0. The van der Waals surface area contributed by atoms with Crippen LogP contribution in [0.25, 0.3) is 0 Å². The van der Waals surface area contributed by atoms with Crippen molar-refractivity contribution in [3.63, 3.8) is 0 Å². The monoisotopic (exact) mass is 366 g/mol. The van der Waals surface area contributed by atoms with Gasteiger partial charge in [-0.15, -0.1) is 0 Å². The summed E-state index contributed by atoms with van der Waals surface area (Å²) in [5.74, 6) is 0. The fourth-order valence-corrected chi connectivity index (χ4v) is 1.90. The molecule has 4 N–H and O–H groups in total. The number of hydrazone groups is 4. The first kappa shape index (κ1) is 21.8. The predicted octanol–water partition coefficient (Wildman–Crippen LogP) is 0.336. The Balaban J connectivity index is 2.85. The molecule has 0 amide bonds. The number of rotatable bonds is 2. The number of hydrogen-bond donors (Lipinski definition) is 4. The van der Waals surface area contributed by atoms with Crippen LogP contribution in [-0.4, -0.2) is 72.4 Å². The number of hydrogen-bond acceptors (Lipinski definition) is 10. The molecule has 1 aliphatic heterocycles. The molecule has 0 aromatic carbocycles. The summed E-state index contributed by atoms with van der Waals surface area (Å²) >= 11 is 0. The van der Waals surface area contributed by atoms with E-state index in [4.69, 9.17) is 0 Å². The maximum atomic E-state index is 4.38. The van der Waals surface area contributed by atoms with Gasteiger partial charge in [0.1, 0.15) is 0 Å². The Morgan fingerprint density at radius 1 is 0.577 bits per heavy atom. The maximum Gasteiger partial charge on any atom is 0.0862 e. The third-order valence-electron chi connectivity index (χ3n) is 4.11. The lowest BCUT2D eigenvalue weighted by atomic mass is 10.3. The Morgan fingerprint density at radius 3 is 1.00 bits per heavy atom. The van der Waals surface area contributed by atoms with Crippen molar-refractivity contribution in [1.29, 1.82) is 0 Å². The molecule has 1 heterocycles. The Bertz CT molecular complexity index is 445. The molecule has 0 aromatic rings. The molecule has 0 spiro atoms. The van der Waals surface area contributed by atoms with Crippen LogP contribution in [0.2, 0.25) is 0 Å². The molecule has 0 fully saturated rings. The summed E-state index contributed by atoms with van der Waals surface area (Å²) < 4.78 is 0. The van der Waals surface area contributed by atoms with Crippen LogP contribution in [0, 0.1) is 0 Å². The van der Waals surface area contributed by atoms with E-state index in [1.165, 1.54) is 0 Å². The van der Waals surface area contributed by atoms with Crippen LogP contribution in [-0.2, 0) is 0 Å². The van der Waals surface area contributed by atoms with E-state index in [0.717, 1.165) is 35.9 Å². The smallest absolute Gasteiger partial charge is 0.0862 e. The zero-order valence-corrected chi connectivity index (χ0v) is 16.9. The number of nitrogens with zero attached hydrogens (tertiary/aromatic N) is 6. The van der Waals surface area contributed by atoms with Crippen molar-refractivity contribution in [2.75, 3.05) is 39.8 Å². The van der Waals surface area contributed by atoms with E-state index in [1.54, 1.807) is 0 Å². The standard InChI is InChI=1S/C16H34N10/c1-7-25-9-17-21-13(3)15(5)23-19-11-26(8-2)12-20-24-16(6)14(4)22-18-10-25/h17-20H,7-12H2,1-6H3/b21-13+,22-14+,23-15+,24-16+. The fraction of sp³-hybridized carbons (Fsp3) is 0.750. The van der Waals surface area contributed by atoms with Gasteiger partial charge in [0.05, 0.1) is 49.5 Å². The Labute approximate surface area is 156 Å². The van der Waals surface area contributed by atoms with Crippen LogP contribution in [0.15, 0.2) is 20.4 Å². The fourth-order valence-electron chi connectivity index (χ4n) is 1.90. The minimum atomic E-state index is 0.619. The van der Waals surface area contributed by atoms with Crippen molar-refractivity contribution in [3.8, 4) is 0 Å². The third-order valence-corrected chi connectivity index (χ3v) is 4.11. The molecule has 0 aliphatic carbocycles. The molecular formula is C16H34N10. The molecule has 10 nitrogen and oxygen atoms in total. The lowest BCUT2D eigenvalue weighted by molar-refractivity contribution is 0.249. The van der Waals surface area contributed by atoms with E-state index in [9.17, 15) is 0 Å². The largest absolute Gasteiger partial charge is 0.295 e. The summed E-state index contributed by atoms with van der Waals surface area (Å²) in [5.41, 5.74) is 15.7. The lowest BCUT2D eigenvalue weighted by Gasteiger charge is -2.21. The molecule has 148 valence electrons. The summed E-state index contributed by atoms with van der Waals surface area (Å²) in [4.78, 5) is 4.29. The van der Waals surface area contributed by atoms with Crippen LogP contribution in [0.3, 0.4) is 0 Å². The van der Waals surface area contributed by atoms with Crippen molar-refractivity contribution in [2.24, 2.45) is 20.4 Å². The second-order valence-electron chi connectivity index (χ2n) is 6.03. The SMILES string of the molecule is CCN1CN/N=C(C)/C(C)=N/NCN(CC)CN/N=C(C)/C(C)=N/NC1. The summed E-state index contributed by atoms with van der Waals surface area (Å²) in [7, 11) is 0. The molecule has 0 bridgehead atoms. The van der Waals surface area contributed by atoms with Gasteiger partial charge in [0, 0.05) is 0 Å². The van der Waals surface area contributed by atoms with Crippen LogP contribution in [0.1, 0.15) is 41.5 Å². The Kier molecular flexibility index (Phi) is 10.3. The highest BCUT2D eigenvalue weighted by atomic mass is 15.5. The summed E-state index contributed by atoms with van der Waals surface area (Å²) in [6.45, 7) is 16.2. The molecule has 0 atom stereocenters. The maximum absolute atomic E-state index is 4.38. The lowest BCUT2D eigenvalue weighted by Crippen LogP contribution is -2.39. The zero-order chi connectivity index (χ0) is 19.4. The molecule has 0 aromatic heterocycles. The van der Waals surface area contributed by atoms with E-state index >= 15 is 0 Å². The topological polar surface area (TPSA) is 104 Å². The van der Waals surface area contributed by atoms with Crippen LogP contribution in [0.5, 0.6) is 0 Å². The highest BCUT2D eigenvalue weighted by Crippen LogP contribution is 1.89. The van der Waals surface area contributed by atoms with Crippen molar-refractivity contribution in [1.82, 2.24) is 31.5 Å². The van der Waals surface area contributed by atoms with Crippen molar-refractivity contribution in [3.05, 3.63) is 0 Å². The van der Waals surface area contributed by atoms with Crippen LogP contribution < -0.4 is 21.7 Å². The van der Waals surface area contributed by atoms with E-state index in [-0.39, 0.29) is 0 Å². The van der Waals surface area contributed by atoms with Crippen molar-refractivity contribution < 1.29 is 0 Å². The molecule has 26 heavy (non-hydrogen) atoms. The van der Waals surface area contributed by atoms with Gasteiger partial charge in [-0.25, -0.2) is 0 Å². The van der Waals surface area contributed by atoms with E-state index in [0.29, 0.717) is 26.7 Å². The molecule has 0 saturated heterocycles. The molecule has 1 rings (SSSR count). The normalized spacial score (nSPS) is 27.9. The second-order valence-corrected chi connectivity index (χ2v) is 6.03. The molecule has 0 radical (unpaired) electrons. The summed E-state index contributed by atoms with van der Waals surface area (Å²) in [6.07, 6.45) is 0. The summed E-state index contributed by atoms with van der Waals surface area (Å²) in [5, 5.41) is 17.5. The van der Waals surface area contributed by atoms with E-state index in [2.05, 4.69) is 65.8 Å². The van der Waals surface area contributed by atoms with Gasteiger partial charge in [0.25, 0.3) is 0 Å². The first-order chi connectivity index (χ1) is 12.5. The highest BCUT2D eigenvalue weighted by Gasteiger charge is 2.04.